The van der Waals surface area contributed by atoms with Gasteiger partial charge < -0.3 is 20.0 Å². The topological polar surface area (TPSA) is 89.8 Å². The summed E-state index contributed by atoms with van der Waals surface area (Å²) in [5.74, 6) is 0. The lowest BCUT2D eigenvalue weighted by molar-refractivity contribution is -0.163. The van der Waals surface area contributed by atoms with E-state index in [1.54, 1.807) is 20.8 Å². The van der Waals surface area contributed by atoms with E-state index in [9.17, 15) is 26.3 Å². The molecule has 5 nitrogen and oxygen atoms in total. The van der Waals surface area contributed by atoms with Crippen LogP contribution in [0.5, 0.6) is 0 Å². The maximum Gasteiger partial charge on any atom is 0.466 e. The first-order valence-electron chi connectivity index (χ1n) is 6.33. The molecule has 1 unspecified atom stereocenters. The molecule has 0 saturated carbocycles. The predicted octanol–water partition coefficient (Wildman–Crippen LogP) is 3.50. The van der Waals surface area contributed by atoms with E-state index in [1.807, 2.05) is 0 Å². The number of nitrogens with one attached hydrogen (secondary N) is 1. The molecule has 0 radical (unpaired) electrons. The lowest BCUT2D eigenvalue weighted by Crippen LogP contribution is -2.54. The van der Waals surface area contributed by atoms with E-state index < -0.39 is 50.5 Å². The van der Waals surface area contributed by atoms with E-state index in [0.29, 0.717) is 0 Å². The first-order valence-corrected chi connectivity index (χ1v) is 7.90. The normalized spacial score (nSPS) is 16.4. The lowest BCUT2D eigenvalue weighted by atomic mass is 9.88. The summed E-state index contributed by atoms with van der Waals surface area (Å²) < 4.78 is 82.6. The molecule has 12 heteroatoms. The number of alkyl halides is 6. The van der Waals surface area contributed by atoms with Crippen molar-refractivity contribution in [1.82, 2.24) is 5.32 Å². The van der Waals surface area contributed by atoms with Crippen LogP contribution in [-0.4, -0.2) is 38.1 Å². The molecule has 0 aliphatic heterocycles. The minimum absolute atomic E-state index is 0.604. The summed E-state index contributed by atoms with van der Waals surface area (Å²) in [6.07, 6.45) is -12.1. The van der Waals surface area contributed by atoms with Crippen LogP contribution in [0.4, 0.5) is 26.3 Å². The molecule has 0 aromatic carbocycles. The van der Waals surface area contributed by atoms with Crippen LogP contribution in [-0.2, 0) is 4.57 Å². The number of halogens is 6. The second-order valence-corrected chi connectivity index (χ2v) is 7.38. The van der Waals surface area contributed by atoms with E-state index in [-0.39, 0.29) is 0 Å². The van der Waals surface area contributed by atoms with Gasteiger partial charge in [0.1, 0.15) is 0 Å². The molecule has 142 valence electrons. The van der Waals surface area contributed by atoms with Crippen molar-refractivity contribution < 1.29 is 45.6 Å². The van der Waals surface area contributed by atoms with Crippen LogP contribution < -0.4 is 5.32 Å². The summed E-state index contributed by atoms with van der Waals surface area (Å²) in [5, 5.41) is 2.64. The molecule has 0 saturated heterocycles. The molecule has 4 N–H and O–H groups in total. The molecule has 0 aromatic heterocycles. The molecule has 0 aliphatic carbocycles. The first kappa shape index (κ1) is 24.9. The molecule has 0 amide bonds. The molecule has 0 rings (SSSR count). The summed E-state index contributed by atoms with van der Waals surface area (Å²) in [4.78, 5) is 21.6. The highest BCUT2D eigenvalue weighted by molar-refractivity contribution is 7.45. The Labute approximate surface area is 130 Å². The van der Waals surface area contributed by atoms with Crippen molar-refractivity contribution in [2.75, 3.05) is 0 Å². The monoisotopic (exact) mass is 377 g/mol. The van der Waals surface area contributed by atoms with Gasteiger partial charge >= 0.3 is 20.2 Å². The summed E-state index contributed by atoms with van der Waals surface area (Å²) >= 11 is 0. The van der Waals surface area contributed by atoms with E-state index in [1.165, 1.54) is 6.92 Å². The zero-order valence-corrected chi connectivity index (χ0v) is 14.0. The zero-order valence-electron chi connectivity index (χ0n) is 13.1. The summed E-state index contributed by atoms with van der Waals surface area (Å²) in [5.41, 5.74) is -2.31. The van der Waals surface area contributed by atoms with Crippen LogP contribution in [0, 0.1) is 0 Å². The first-order chi connectivity index (χ1) is 9.62. The molecule has 0 heterocycles. The number of rotatable bonds is 4. The number of phosphoric acid groups is 1. The van der Waals surface area contributed by atoms with Crippen LogP contribution >= 0.6 is 7.82 Å². The van der Waals surface area contributed by atoms with Gasteiger partial charge in [0.15, 0.2) is 0 Å². The second-order valence-electron chi connectivity index (χ2n) is 6.36. The van der Waals surface area contributed by atoms with E-state index >= 15 is 0 Å². The van der Waals surface area contributed by atoms with E-state index in [2.05, 4.69) is 5.32 Å². The molecule has 0 fully saturated rings. The summed E-state index contributed by atoms with van der Waals surface area (Å²) in [6, 6.07) is 0. The highest BCUT2D eigenvalue weighted by Crippen LogP contribution is 2.34. The average Bonchev–Trinajstić information content (AvgIpc) is 2.03. The summed E-state index contributed by atoms with van der Waals surface area (Å²) in [6.45, 7) is 6.04. The quantitative estimate of drug-likeness (QED) is 0.445. The average molecular weight is 377 g/mol. The molecule has 23 heavy (non-hydrogen) atoms. The number of hydrogen-bond acceptors (Lipinski definition) is 2. The smallest absolute Gasteiger partial charge is 0.307 e. The predicted molar refractivity (Wildman–Crippen MR) is 71.5 cm³/mol. The zero-order chi connectivity index (χ0) is 19.3. The van der Waals surface area contributed by atoms with Crippen molar-refractivity contribution in [3.05, 3.63) is 0 Å². The van der Waals surface area contributed by atoms with Crippen molar-refractivity contribution in [2.24, 2.45) is 0 Å². The van der Waals surface area contributed by atoms with Crippen LogP contribution in [0.3, 0.4) is 0 Å². The lowest BCUT2D eigenvalue weighted by Gasteiger charge is -2.38. The Morgan fingerprint density at radius 2 is 1.17 bits per heavy atom. The minimum Gasteiger partial charge on any atom is -0.307 e. The van der Waals surface area contributed by atoms with Crippen LogP contribution in [0.2, 0.25) is 0 Å². The standard InChI is InChI=1S/C11H19F6N.H3O4P/c1-8(2,3)18-9(4,7-11(15,16)17)5-6-10(12,13)14;1-5(2,3)4/h18H,5-7H2,1-4H3;(H3,1,2,3,4). The van der Waals surface area contributed by atoms with Crippen LogP contribution in [0.1, 0.15) is 47.0 Å². The maximum absolute atomic E-state index is 12.4. The van der Waals surface area contributed by atoms with Gasteiger partial charge in [-0.3, -0.25) is 0 Å². The van der Waals surface area contributed by atoms with Crippen molar-refractivity contribution in [3.8, 4) is 0 Å². The van der Waals surface area contributed by atoms with E-state index in [0.717, 1.165) is 0 Å². The van der Waals surface area contributed by atoms with Crippen molar-refractivity contribution in [1.29, 1.82) is 0 Å². The van der Waals surface area contributed by atoms with Gasteiger partial charge in [0.05, 0.1) is 6.42 Å². The van der Waals surface area contributed by atoms with Crippen molar-refractivity contribution >= 4 is 7.82 Å². The Hall–Kier alpha value is -0.350. The maximum atomic E-state index is 12.4. The number of hydrogen-bond donors (Lipinski definition) is 4. The fourth-order valence-electron chi connectivity index (χ4n) is 1.96. The van der Waals surface area contributed by atoms with Gasteiger partial charge in [-0.15, -0.1) is 0 Å². The minimum atomic E-state index is -4.64. The van der Waals surface area contributed by atoms with Gasteiger partial charge in [0.25, 0.3) is 0 Å². The van der Waals surface area contributed by atoms with Gasteiger partial charge in [-0.2, -0.15) is 26.3 Å². The van der Waals surface area contributed by atoms with Gasteiger partial charge in [-0.05, 0) is 34.1 Å². The second kappa shape index (κ2) is 8.15. The fraction of sp³-hybridized carbons (Fsp3) is 1.00. The molecule has 0 spiro atoms. The third-order valence-electron chi connectivity index (χ3n) is 2.23. The van der Waals surface area contributed by atoms with Crippen molar-refractivity contribution in [2.45, 2.75) is 70.4 Å². The Balaban J connectivity index is 0. The molecular weight excluding hydrogens is 355 g/mol. The highest BCUT2D eigenvalue weighted by Gasteiger charge is 2.43. The van der Waals surface area contributed by atoms with Gasteiger partial charge in [-0.1, -0.05) is 0 Å². The Bertz CT molecular complexity index is 375. The summed E-state index contributed by atoms with van der Waals surface area (Å²) in [7, 11) is -4.64. The van der Waals surface area contributed by atoms with Crippen LogP contribution in [0.25, 0.3) is 0 Å². The van der Waals surface area contributed by atoms with Crippen molar-refractivity contribution in [3.63, 3.8) is 0 Å². The Morgan fingerprint density at radius 1 is 0.826 bits per heavy atom. The van der Waals surface area contributed by atoms with Gasteiger partial charge in [0, 0.05) is 17.5 Å². The Morgan fingerprint density at radius 3 is 1.39 bits per heavy atom. The molecule has 0 bridgehead atoms. The molecule has 0 aromatic rings. The van der Waals surface area contributed by atoms with E-state index in [4.69, 9.17) is 19.2 Å². The molecule has 1 atom stereocenters. The van der Waals surface area contributed by atoms with Crippen LogP contribution in [0.15, 0.2) is 0 Å². The van der Waals surface area contributed by atoms with Gasteiger partial charge in [-0.25, -0.2) is 4.57 Å². The third-order valence-corrected chi connectivity index (χ3v) is 2.23. The highest BCUT2D eigenvalue weighted by atomic mass is 31.2. The molecular formula is C11H22F6NO4P. The van der Waals surface area contributed by atoms with Gasteiger partial charge in [0.2, 0.25) is 0 Å². The SMILES string of the molecule is CC(C)(C)NC(C)(CCC(F)(F)F)CC(F)(F)F.O=P(O)(O)O. The Kier molecular flexibility index (Phi) is 8.83. The largest absolute Gasteiger partial charge is 0.466 e. The third kappa shape index (κ3) is 24.0. The fourth-order valence-corrected chi connectivity index (χ4v) is 1.96. The molecule has 0 aliphatic rings.